The summed E-state index contributed by atoms with van der Waals surface area (Å²) in [7, 11) is -3.64. The van der Waals surface area contributed by atoms with Crippen molar-refractivity contribution in [3.8, 4) is 6.07 Å². The van der Waals surface area contributed by atoms with Crippen LogP contribution < -0.4 is 0 Å². The number of sulfone groups is 1. The van der Waals surface area contributed by atoms with Gasteiger partial charge in [-0.3, -0.25) is 0 Å². The van der Waals surface area contributed by atoms with Gasteiger partial charge in [-0.25, -0.2) is 12.8 Å². The molecule has 0 N–H and O–H groups in total. The van der Waals surface area contributed by atoms with Crippen LogP contribution in [0.1, 0.15) is 16.7 Å². The molecule has 20 heavy (non-hydrogen) atoms. The van der Waals surface area contributed by atoms with Gasteiger partial charge in [0.2, 0.25) is 0 Å². The third kappa shape index (κ3) is 2.70. The maximum Gasteiger partial charge on any atom is 0.182 e. The van der Waals surface area contributed by atoms with Crippen LogP contribution in [-0.2, 0) is 15.6 Å². The van der Waals surface area contributed by atoms with Gasteiger partial charge in [0.15, 0.2) is 9.84 Å². The summed E-state index contributed by atoms with van der Waals surface area (Å²) in [5.74, 6) is -1.23. The number of aryl methyl sites for hydroxylation is 1. The summed E-state index contributed by atoms with van der Waals surface area (Å²) < 4.78 is 38.6. The molecule has 0 atom stereocenters. The minimum absolute atomic E-state index is 0.00676. The predicted molar refractivity (Wildman–Crippen MR) is 73.2 cm³/mol. The molecule has 5 heteroatoms. The first-order valence-corrected chi connectivity index (χ1v) is 7.57. The second-order valence-electron chi connectivity index (χ2n) is 4.42. The molecule has 0 saturated carbocycles. The van der Waals surface area contributed by atoms with E-state index in [0.717, 1.165) is 0 Å². The molecule has 2 aromatic carbocycles. The number of hydrogen-bond donors (Lipinski definition) is 0. The van der Waals surface area contributed by atoms with Crippen molar-refractivity contribution >= 4 is 9.84 Å². The maximum absolute atomic E-state index is 13.9. The number of hydrogen-bond acceptors (Lipinski definition) is 3. The van der Waals surface area contributed by atoms with Gasteiger partial charge in [-0.05, 0) is 24.6 Å². The number of nitrogens with zero attached hydrogens (tertiary/aromatic N) is 1. The van der Waals surface area contributed by atoms with Gasteiger partial charge in [-0.1, -0.05) is 30.3 Å². The van der Waals surface area contributed by atoms with Crippen LogP contribution in [0.15, 0.2) is 47.4 Å². The Hall–Kier alpha value is -2.19. The lowest BCUT2D eigenvalue weighted by molar-refractivity contribution is 0.585. The van der Waals surface area contributed by atoms with Crippen molar-refractivity contribution in [1.29, 1.82) is 5.26 Å². The van der Waals surface area contributed by atoms with Crippen molar-refractivity contribution in [1.82, 2.24) is 0 Å². The molecule has 3 nitrogen and oxygen atoms in total. The minimum Gasteiger partial charge on any atom is -0.223 e. The topological polar surface area (TPSA) is 57.9 Å². The summed E-state index contributed by atoms with van der Waals surface area (Å²) in [5, 5.41) is 8.76. The van der Waals surface area contributed by atoms with Crippen LogP contribution in [-0.4, -0.2) is 8.42 Å². The van der Waals surface area contributed by atoms with E-state index in [0.29, 0.717) is 5.56 Å². The zero-order valence-corrected chi connectivity index (χ0v) is 11.6. The fourth-order valence-electron chi connectivity index (χ4n) is 1.97. The van der Waals surface area contributed by atoms with E-state index >= 15 is 0 Å². The molecule has 0 aliphatic rings. The first-order chi connectivity index (χ1) is 9.45. The first-order valence-electron chi connectivity index (χ1n) is 5.91. The molecule has 0 spiro atoms. The standard InChI is InChI=1S/C15H12FNO2S/c1-11-5-2-3-8-14(11)20(18,19)10-13-7-4-6-12(9-17)15(13)16/h2-8H,10H2,1H3. The normalized spacial score (nSPS) is 11.1. The van der Waals surface area contributed by atoms with Gasteiger partial charge in [-0.15, -0.1) is 0 Å². The molecule has 0 saturated heterocycles. The molecule has 0 aromatic heterocycles. The lowest BCUT2D eigenvalue weighted by atomic mass is 10.1. The van der Waals surface area contributed by atoms with Crippen molar-refractivity contribution in [2.75, 3.05) is 0 Å². The molecule has 0 fully saturated rings. The van der Waals surface area contributed by atoms with E-state index < -0.39 is 21.4 Å². The minimum atomic E-state index is -3.64. The molecule has 0 bridgehead atoms. The van der Waals surface area contributed by atoms with Gasteiger partial charge in [-0.2, -0.15) is 5.26 Å². The number of benzene rings is 2. The molecule has 0 aliphatic carbocycles. The Labute approximate surface area is 117 Å². The van der Waals surface area contributed by atoms with E-state index in [2.05, 4.69) is 0 Å². The molecule has 2 aromatic rings. The molecule has 0 amide bonds. The van der Waals surface area contributed by atoms with Crippen LogP contribution in [0.25, 0.3) is 0 Å². The van der Waals surface area contributed by atoms with Gasteiger partial charge in [0.05, 0.1) is 16.2 Å². The molecule has 0 radical (unpaired) electrons. The summed E-state index contributed by atoms with van der Waals surface area (Å²) in [6.45, 7) is 1.69. The van der Waals surface area contributed by atoms with E-state index in [1.807, 2.05) is 0 Å². The predicted octanol–water partition coefficient (Wildman–Crippen LogP) is 2.98. The highest BCUT2D eigenvalue weighted by atomic mass is 32.2. The van der Waals surface area contributed by atoms with E-state index in [1.165, 1.54) is 24.3 Å². The Morgan fingerprint density at radius 3 is 2.50 bits per heavy atom. The SMILES string of the molecule is Cc1ccccc1S(=O)(=O)Cc1cccc(C#N)c1F. The fourth-order valence-corrected chi connectivity index (χ4v) is 3.60. The van der Waals surface area contributed by atoms with Gasteiger partial charge >= 0.3 is 0 Å². The van der Waals surface area contributed by atoms with Gasteiger partial charge in [0, 0.05) is 5.56 Å². The largest absolute Gasteiger partial charge is 0.223 e. The maximum atomic E-state index is 13.9. The van der Waals surface area contributed by atoms with Gasteiger partial charge in [0.25, 0.3) is 0 Å². The number of nitriles is 1. The Balaban J connectivity index is 2.45. The second-order valence-corrected chi connectivity index (χ2v) is 6.37. The molecule has 2 rings (SSSR count). The van der Waals surface area contributed by atoms with Crippen LogP contribution in [0.5, 0.6) is 0 Å². The third-order valence-corrected chi connectivity index (χ3v) is 4.79. The summed E-state index contributed by atoms with van der Waals surface area (Å²) in [6, 6.07) is 12.4. The lowest BCUT2D eigenvalue weighted by Crippen LogP contribution is -2.08. The zero-order valence-electron chi connectivity index (χ0n) is 10.8. The zero-order chi connectivity index (χ0) is 14.8. The molecule has 102 valence electrons. The molecular formula is C15H12FNO2S. The Bertz CT molecular complexity index is 792. The van der Waals surface area contributed by atoms with Crippen molar-refractivity contribution < 1.29 is 12.8 Å². The monoisotopic (exact) mass is 289 g/mol. The number of rotatable bonds is 3. The van der Waals surface area contributed by atoms with Crippen molar-refractivity contribution in [3.63, 3.8) is 0 Å². The average molecular weight is 289 g/mol. The second kappa shape index (κ2) is 5.43. The highest BCUT2D eigenvalue weighted by Crippen LogP contribution is 2.22. The number of halogens is 1. The Kier molecular flexibility index (Phi) is 3.86. The molecular weight excluding hydrogens is 277 g/mol. The van der Waals surface area contributed by atoms with Crippen molar-refractivity contribution in [3.05, 3.63) is 65.0 Å². The van der Waals surface area contributed by atoms with E-state index in [4.69, 9.17) is 5.26 Å². The van der Waals surface area contributed by atoms with Gasteiger partial charge in [0.1, 0.15) is 11.9 Å². The summed E-state index contributed by atoms with van der Waals surface area (Å²) in [5.41, 5.74) is 0.471. The Morgan fingerprint density at radius 1 is 1.15 bits per heavy atom. The van der Waals surface area contributed by atoms with E-state index in [9.17, 15) is 12.8 Å². The molecule has 0 heterocycles. The van der Waals surface area contributed by atoms with Crippen LogP contribution in [0.2, 0.25) is 0 Å². The first kappa shape index (κ1) is 14.2. The van der Waals surface area contributed by atoms with E-state index in [-0.39, 0.29) is 16.0 Å². The van der Waals surface area contributed by atoms with E-state index in [1.54, 1.807) is 31.2 Å². The van der Waals surface area contributed by atoms with Crippen LogP contribution >= 0.6 is 0 Å². The summed E-state index contributed by atoms with van der Waals surface area (Å²) >= 11 is 0. The highest BCUT2D eigenvalue weighted by molar-refractivity contribution is 7.90. The molecule has 0 aliphatic heterocycles. The fraction of sp³-hybridized carbons (Fsp3) is 0.133. The van der Waals surface area contributed by atoms with Gasteiger partial charge < -0.3 is 0 Å². The van der Waals surface area contributed by atoms with Crippen molar-refractivity contribution in [2.45, 2.75) is 17.6 Å². The third-order valence-electron chi connectivity index (χ3n) is 2.97. The lowest BCUT2D eigenvalue weighted by Gasteiger charge is -2.08. The molecule has 0 unspecified atom stereocenters. The summed E-state index contributed by atoms with van der Waals surface area (Å²) in [6.07, 6.45) is 0. The van der Waals surface area contributed by atoms with Crippen LogP contribution in [0.3, 0.4) is 0 Å². The van der Waals surface area contributed by atoms with Crippen LogP contribution in [0.4, 0.5) is 4.39 Å². The van der Waals surface area contributed by atoms with Crippen molar-refractivity contribution in [2.24, 2.45) is 0 Å². The average Bonchev–Trinajstić information content (AvgIpc) is 2.41. The summed E-state index contributed by atoms with van der Waals surface area (Å²) in [4.78, 5) is 0.182. The smallest absolute Gasteiger partial charge is 0.182 e. The Morgan fingerprint density at radius 2 is 1.85 bits per heavy atom. The highest BCUT2D eigenvalue weighted by Gasteiger charge is 2.20. The quantitative estimate of drug-likeness (QED) is 0.872. The van der Waals surface area contributed by atoms with Crippen LogP contribution in [0, 0.1) is 24.1 Å².